The van der Waals surface area contributed by atoms with Crippen molar-refractivity contribution >= 4 is 29.2 Å². The summed E-state index contributed by atoms with van der Waals surface area (Å²) in [5.74, 6) is 0.635. The van der Waals surface area contributed by atoms with Crippen LogP contribution >= 0.6 is 11.8 Å². The predicted octanol–water partition coefficient (Wildman–Crippen LogP) is 2.47. The summed E-state index contributed by atoms with van der Waals surface area (Å²) >= 11 is 1.17. The number of thioether (sulfide) groups is 1. The fraction of sp³-hybridized carbons (Fsp3) is 0.500. The summed E-state index contributed by atoms with van der Waals surface area (Å²) in [6.07, 6.45) is 1.12. The maximum atomic E-state index is 11.0. The first-order valence-corrected chi connectivity index (χ1v) is 7.16. The number of nitrogens with zero attached hydrogens (tertiary/aromatic N) is 2. The molecule has 1 aromatic heterocycles. The van der Waals surface area contributed by atoms with Crippen LogP contribution in [-0.4, -0.2) is 35.3 Å². The van der Waals surface area contributed by atoms with E-state index in [4.69, 9.17) is 0 Å². The molecule has 0 aliphatic carbocycles. The maximum Gasteiger partial charge on any atom is 0.306 e. The molecule has 0 aliphatic heterocycles. The summed E-state index contributed by atoms with van der Waals surface area (Å²) < 4.78 is 4.52. The lowest BCUT2D eigenvalue weighted by Crippen LogP contribution is -2.05. The van der Waals surface area contributed by atoms with Crippen molar-refractivity contribution in [1.82, 2.24) is 4.98 Å². The minimum absolute atomic E-state index is 0.0538. The largest absolute Gasteiger partial charge is 0.469 e. The Labute approximate surface area is 121 Å². The summed E-state index contributed by atoms with van der Waals surface area (Å²) in [5.41, 5.74) is -0.0538. The molecule has 110 valence electrons. The van der Waals surface area contributed by atoms with Crippen LogP contribution in [0.25, 0.3) is 0 Å². The zero-order chi connectivity index (χ0) is 15.0. The van der Waals surface area contributed by atoms with Crippen molar-refractivity contribution in [2.45, 2.75) is 24.8 Å². The number of aromatic nitrogens is 1. The number of pyridine rings is 1. The molecule has 1 aromatic rings. The van der Waals surface area contributed by atoms with Crippen LogP contribution < -0.4 is 5.32 Å². The van der Waals surface area contributed by atoms with Gasteiger partial charge in [0.1, 0.15) is 5.82 Å². The van der Waals surface area contributed by atoms with Gasteiger partial charge in [-0.25, -0.2) is 4.98 Å². The lowest BCUT2D eigenvalue weighted by atomic mass is 10.4. The van der Waals surface area contributed by atoms with E-state index in [2.05, 4.69) is 15.0 Å². The Morgan fingerprint density at radius 1 is 1.55 bits per heavy atom. The third-order valence-electron chi connectivity index (χ3n) is 2.37. The van der Waals surface area contributed by atoms with E-state index in [1.54, 1.807) is 6.07 Å². The van der Waals surface area contributed by atoms with Crippen LogP contribution in [0.1, 0.15) is 19.8 Å². The molecule has 0 saturated carbocycles. The highest BCUT2D eigenvalue weighted by atomic mass is 32.2. The third-order valence-corrected chi connectivity index (χ3v) is 3.35. The molecule has 1 heterocycles. The first-order chi connectivity index (χ1) is 9.58. The molecule has 1 N–H and O–H groups in total. The number of ether oxygens (including phenoxy) is 1. The lowest BCUT2D eigenvalue weighted by Gasteiger charge is -2.06. The Kier molecular flexibility index (Phi) is 6.78. The second kappa shape index (κ2) is 8.36. The average Bonchev–Trinajstić information content (AvgIpc) is 2.44. The normalized spacial score (nSPS) is 10.1. The van der Waals surface area contributed by atoms with Gasteiger partial charge in [0.2, 0.25) is 0 Å². The lowest BCUT2D eigenvalue weighted by molar-refractivity contribution is -0.388. The number of carbonyl (C=O) groups excluding carboxylic acids is 1. The first kappa shape index (κ1) is 16.2. The Hall–Kier alpha value is -1.83. The van der Waals surface area contributed by atoms with Crippen LogP contribution in [0.3, 0.4) is 0 Å². The minimum Gasteiger partial charge on any atom is -0.469 e. The van der Waals surface area contributed by atoms with E-state index in [0.29, 0.717) is 16.6 Å². The summed E-state index contributed by atoms with van der Waals surface area (Å²) in [6.45, 7) is 2.77. The van der Waals surface area contributed by atoms with E-state index < -0.39 is 4.92 Å². The number of methoxy groups -OCH3 is 1. The van der Waals surface area contributed by atoms with Gasteiger partial charge >= 0.3 is 11.7 Å². The summed E-state index contributed by atoms with van der Waals surface area (Å²) in [7, 11) is 1.31. The molecular formula is C12H17N3O4S. The summed E-state index contributed by atoms with van der Waals surface area (Å²) in [5, 5.41) is 14.3. The van der Waals surface area contributed by atoms with Crippen LogP contribution in [0.15, 0.2) is 17.2 Å². The number of esters is 1. The molecule has 1 rings (SSSR count). The van der Waals surface area contributed by atoms with Crippen molar-refractivity contribution < 1.29 is 14.5 Å². The SMILES string of the molecule is CCCNc1ccc([N+](=O)[O-])c(SCCC(=O)OC)n1. The van der Waals surface area contributed by atoms with Gasteiger partial charge in [-0.15, -0.1) is 0 Å². The van der Waals surface area contributed by atoms with E-state index in [1.165, 1.54) is 24.9 Å². The molecule has 0 amide bonds. The molecule has 0 spiro atoms. The van der Waals surface area contributed by atoms with E-state index >= 15 is 0 Å². The highest BCUT2D eigenvalue weighted by Gasteiger charge is 2.17. The number of carbonyl (C=O) groups is 1. The van der Waals surface area contributed by atoms with Gasteiger partial charge in [0.15, 0.2) is 5.03 Å². The highest BCUT2D eigenvalue weighted by Crippen LogP contribution is 2.29. The number of anilines is 1. The van der Waals surface area contributed by atoms with E-state index in [9.17, 15) is 14.9 Å². The molecule has 8 heteroatoms. The molecular weight excluding hydrogens is 282 g/mol. The molecule has 0 fully saturated rings. The monoisotopic (exact) mass is 299 g/mol. The number of rotatable bonds is 8. The first-order valence-electron chi connectivity index (χ1n) is 6.17. The minimum atomic E-state index is -0.475. The van der Waals surface area contributed by atoms with Crippen molar-refractivity contribution in [3.8, 4) is 0 Å². The number of nitro groups is 1. The Balaban J connectivity index is 2.77. The Morgan fingerprint density at radius 2 is 2.30 bits per heavy atom. The number of nitrogens with one attached hydrogen (secondary N) is 1. The van der Waals surface area contributed by atoms with Crippen molar-refractivity contribution in [1.29, 1.82) is 0 Å². The van der Waals surface area contributed by atoms with Crippen LogP contribution in [0, 0.1) is 10.1 Å². The van der Waals surface area contributed by atoms with Crippen LogP contribution in [0.2, 0.25) is 0 Å². The maximum absolute atomic E-state index is 11.0. The van der Waals surface area contributed by atoms with Gasteiger partial charge in [-0.3, -0.25) is 14.9 Å². The molecule has 0 unspecified atom stereocenters. The standard InChI is InChI=1S/C12H17N3O4S/c1-3-7-13-10-5-4-9(15(17)18)12(14-10)20-8-6-11(16)19-2/h4-5H,3,6-8H2,1-2H3,(H,13,14). The second-order valence-corrected chi connectivity index (χ2v) is 4.96. The predicted molar refractivity (Wildman–Crippen MR) is 77.0 cm³/mol. The second-order valence-electron chi connectivity index (χ2n) is 3.88. The van der Waals surface area contributed by atoms with Crippen molar-refractivity contribution in [2.75, 3.05) is 24.7 Å². The van der Waals surface area contributed by atoms with Gasteiger partial charge in [-0.2, -0.15) is 0 Å². The van der Waals surface area contributed by atoms with E-state index in [-0.39, 0.29) is 18.1 Å². The number of hydrogen-bond donors (Lipinski definition) is 1. The quantitative estimate of drug-likeness (QED) is 0.341. The summed E-state index contributed by atoms with van der Waals surface area (Å²) in [4.78, 5) is 25.7. The molecule has 20 heavy (non-hydrogen) atoms. The van der Waals surface area contributed by atoms with Crippen molar-refractivity contribution in [2.24, 2.45) is 0 Å². The van der Waals surface area contributed by atoms with Gasteiger partial charge in [-0.1, -0.05) is 18.7 Å². The van der Waals surface area contributed by atoms with Crippen LogP contribution in [0.5, 0.6) is 0 Å². The molecule has 0 aromatic carbocycles. The van der Waals surface area contributed by atoms with Gasteiger partial charge < -0.3 is 10.1 Å². The Morgan fingerprint density at radius 3 is 2.90 bits per heavy atom. The topological polar surface area (TPSA) is 94.4 Å². The molecule has 0 saturated heterocycles. The van der Waals surface area contributed by atoms with Gasteiger partial charge in [0.25, 0.3) is 0 Å². The fourth-order valence-electron chi connectivity index (χ4n) is 1.36. The fourth-order valence-corrected chi connectivity index (χ4v) is 2.28. The van der Waals surface area contributed by atoms with Crippen LogP contribution in [0.4, 0.5) is 11.5 Å². The highest BCUT2D eigenvalue weighted by molar-refractivity contribution is 7.99. The van der Waals surface area contributed by atoms with Crippen molar-refractivity contribution in [3.05, 3.63) is 22.2 Å². The van der Waals surface area contributed by atoms with Gasteiger partial charge in [0, 0.05) is 18.4 Å². The van der Waals surface area contributed by atoms with E-state index in [0.717, 1.165) is 13.0 Å². The molecule has 0 aliphatic rings. The van der Waals surface area contributed by atoms with Crippen molar-refractivity contribution in [3.63, 3.8) is 0 Å². The zero-order valence-corrected chi connectivity index (χ0v) is 12.2. The molecule has 0 radical (unpaired) electrons. The summed E-state index contributed by atoms with van der Waals surface area (Å²) in [6, 6.07) is 3.00. The molecule has 7 nitrogen and oxygen atoms in total. The average molecular weight is 299 g/mol. The third kappa shape index (κ3) is 5.04. The Bertz CT molecular complexity index is 482. The smallest absolute Gasteiger partial charge is 0.306 e. The molecule has 0 atom stereocenters. The van der Waals surface area contributed by atoms with E-state index in [1.807, 2.05) is 6.92 Å². The zero-order valence-electron chi connectivity index (χ0n) is 11.4. The molecule has 0 bridgehead atoms. The van der Waals surface area contributed by atoms with Crippen LogP contribution in [-0.2, 0) is 9.53 Å². The number of hydrogen-bond acceptors (Lipinski definition) is 7. The van der Waals surface area contributed by atoms with Gasteiger partial charge in [-0.05, 0) is 12.5 Å². The van der Waals surface area contributed by atoms with Gasteiger partial charge in [0.05, 0.1) is 18.5 Å².